The van der Waals surface area contributed by atoms with E-state index in [4.69, 9.17) is 9.47 Å². The number of nitrogens with one attached hydrogen (secondary N) is 1. The van der Waals surface area contributed by atoms with E-state index < -0.39 is 0 Å². The van der Waals surface area contributed by atoms with E-state index in [1.54, 1.807) is 7.11 Å². The molecule has 0 saturated heterocycles. The summed E-state index contributed by atoms with van der Waals surface area (Å²) in [4.78, 5) is 11.8. The predicted octanol–water partition coefficient (Wildman–Crippen LogP) is 3.14. The first-order valence-electron chi connectivity index (χ1n) is 6.67. The number of ether oxygens (including phenoxy) is 2. The minimum Gasteiger partial charge on any atom is -0.496 e. The largest absolute Gasteiger partial charge is 0.496 e. The van der Waals surface area contributed by atoms with Gasteiger partial charge < -0.3 is 9.47 Å². The molecule has 4 nitrogen and oxygen atoms in total. The summed E-state index contributed by atoms with van der Waals surface area (Å²) in [6, 6.07) is 5.50. The highest BCUT2D eigenvalue weighted by Crippen LogP contribution is 2.23. The first kappa shape index (κ1) is 17.0. The first-order valence-corrected chi connectivity index (χ1v) is 7.46. The second-order valence-corrected chi connectivity index (χ2v) is 5.64. The number of methoxy groups -OCH3 is 2. The molecule has 0 bridgehead atoms. The molecular formula is C15H22BrNO3. The quantitative estimate of drug-likeness (QED) is 0.772. The molecule has 0 heterocycles. The SMILES string of the molecule is CCC(C)C(NCc1cc(Br)ccc1OC)C(=O)OC. The van der Waals surface area contributed by atoms with Gasteiger partial charge in [0.05, 0.1) is 14.2 Å². The molecule has 0 aliphatic heterocycles. The fourth-order valence-corrected chi connectivity index (χ4v) is 2.39. The fourth-order valence-electron chi connectivity index (χ4n) is 1.98. The molecule has 5 heteroatoms. The first-order chi connectivity index (χ1) is 9.53. The Hall–Kier alpha value is -1.07. The Bertz CT molecular complexity index is 451. The maximum atomic E-state index is 11.8. The zero-order valence-electron chi connectivity index (χ0n) is 12.4. The van der Waals surface area contributed by atoms with Crippen molar-refractivity contribution in [2.45, 2.75) is 32.9 Å². The molecule has 1 N–H and O–H groups in total. The van der Waals surface area contributed by atoms with E-state index in [1.165, 1.54) is 7.11 Å². The van der Waals surface area contributed by atoms with E-state index in [0.717, 1.165) is 22.2 Å². The van der Waals surface area contributed by atoms with E-state index in [0.29, 0.717) is 6.54 Å². The van der Waals surface area contributed by atoms with Gasteiger partial charge >= 0.3 is 5.97 Å². The highest BCUT2D eigenvalue weighted by Gasteiger charge is 2.24. The van der Waals surface area contributed by atoms with Crippen LogP contribution in [0.25, 0.3) is 0 Å². The molecule has 1 aromatic rings. The number of carbonyl (C=O) groups is 1. The predicted molar refractivity (Wildman–Crippen MR) is 82.8 cm³/mol. The van der Waals surface area contributed by atoms with Gasteiger partial charge in [0.1, 0.15) is 11.8 Å². The van der Waals surface area contributed by atoms with Crippen LogP contribution in [0.15, 0.2) is 22.7 Å². The van der Waals surface area contributed by atoms with E-state index in [9.17, 15) is 4.79 Å². The highest BCUT2D eigenvalue weighted by atomic mass is 79.9. The lowest BCUT2D eigenvalue weighted by Gasteiger charge is -2.22. The van der Waals surface area contributed by atoms with Crippen molar-refractivity contribution >= 4 is 21.9 Å². The molecule has 0 aliphatic rings. The molecule has 2 unspecified atom stereocenters. The van der Waals surface area contributed by atoms with Crippen molar-refractivity contribution in [3.63, 3.8) is 0 Å². The average molecular weight is 344 g/mol. The fraction of sp³-hybridized carbons (Fsp3) is 0.533. The number of hydrogen-bond acceptors (Lipinski definition) is 4. The Balaban J connectivity index is 2.81. The second-order valence-electron chi connectivity index (χ2n) is 4.72. The number of carbonyl (C=O) groups excluding carboxylic acids is 1. The van der Waals surface area contributed by atoms with Crippen LogP contribution in [0.3, 0.4) is 0 Å². The topological polar surface area (TPSA) is 47.6 Å². The van der Waals surface area contributed by atoms with E-state index >= 15 is 0 Å². The summed E-state index contributed by atoms with van der Waals surface area (Å²) in [5.41, 5.74) is 0.999. The Morgan fingerprint density at radius 1 is 1.40 bits per heavy atom. The van der Waals surface area contributed by atoms with Gasteiger partial charge in [0.15, 0.2) is 0 Å². The lowest BCUT2D eigenvalue weighted by molar-refractivity contribution is -0.144. The summed E-state index contributed by atoms with van der Waals surface area (Å²) in [5.74, 6) is 0.780. The molecule has 0 aromatic heterocycles. The molecule has 112 valence electrons. The van der Waals surface area contributed by atoms with Crippen LogP contribution < -0.4 is 10.1 Å². The molecule has 0 fully saturated rings. The van der Waals surface area contributed by atoms with Crippen LogP contribution in [0.5, 0.6) is 5.75 Å². The smallest absolute Gasteiger partial charge is 0.323 e. The van der Waals surface area contributed by atoms with Gasteiger partial charge in [0.2, 0.25) is 0 Å². The number of esters is 1. The van der Waals surface area contributed by atoms with Gasteiger partial charge in [0, 0.05) is 16.6 Å². The van der Waals surface area contributed by atoms with E-state index in [2.05, 4.69) is 28.2 Å². The van der Waals surface area contributed by atoms with Crippen LogP contribution in [-0.4, -0.2) is 26.2 Å². The minimum atomic E-state index is -0.311. The van der Waals surface area contributed by atoms with Crippen LogP contribution in [0.1, 0.15) is 25.8 Å². The zero-order valence-corrected chi connectivity index (χ0v) is 14.0. The normalized spacial score (nSPS) is 13.7. The highest BCUT2D eigenvalue weighted by molar-refractivity contribution is 9.10. The number of rotatable bonds is 7. The third-order valence-electron chi connectivity index (χ3n) is 3.42. The number of halogens is 1. The van der Waals surface area contributed by atoms with E-state index in [1.807, 2.05) is 25.1 Å². The van der Waals surface area contributed by atoms with Gasteiger partial charge in [-0.1, -0.05) is 36.2 Å². The Morgan fingerprint density at radius 3 is 2.65 bits per heavy atom. The summed E-state index contributed by atoms with van der Waals surface area (Å²) in [7, 11) is 3.05. The Kier molecular flexibility index (Phi) is 7.02. The third kappa shape index (κ3) is 4.49. The molecule has 0 saturated carbocycles. The van der Waals surface area contributed by atoms with Gasteiger partial charge in [-0.3, -0.25) is 10.1 Å². The third-order valence-corrected chi connectivity index (χ3v) is 3.92. The van der Waals surface area contributed by atoms with Crippen molar-refractivity contribution in [2.75, 3.05) is 14.2 Å². The minimum absolute atomic E-state index is 0.209. The van der Waals surface area contributed by atoms with Crippen molar-refractivity contribution < 1.29 is 14.3 Å². The molecule has 0 amide bonds. The van der Waals surface area contributed by atoms with Gasteiger partial charge in [-0.15, -0.1) is 0 Å². The van der Waals surface area contributed by atoms with Crippen molar-refractivity contribution in [1.82, 2.24) is 5.32 Å². The Labute approximate surface area is 129 Å². The summed E-state index contributed by atoms with van der Waals surface area (Å²) < 4.78 is 11.2. The van der Waals surface area contributed by atoms with Crippen LogP contribution in [0.4, 0.5) is 0 Å². The Morgan fingerprint density at radius 2 is 2.10 bits per heavy atom. The monoisotopic (exact) mass is 343 g/mol. The lowest BCUT2D eigenvalue weighted by Crippen LogP contribution is -2.42. The summed E-state index contributed by atoms with van der Waals surface area (Å²) in [5, 5.41) is 3.26. The molecule has 0 aliphatic carbocycles. The van der Waals surface area contributed by atoms with Crippen LogP contribution >= 0.6 is 15.9 Å². The van der Waals surface area contributed by atoms with Crippen LogP contribution in [0.2, 0.25) is 0 Å². The standard InChI is InChI=1S/C15H22BrNO3/c1-5-10(2)14(15(18)20-4)17-9-11-8-12(16)6-7-13(11)19-3/h6-8,10,14,17H,5,9H2,1-4H3. The van der Waals surface area contributed by atoms with Crippen molar-refractivity contribution in [3.8, 4) is 5.75 Å². The van der Waals surface area contributed by atoms with Crippen molar-refractivity contribution in [3.05, 3.63) is 28.2 Å². The maximum absolute atomic E-state index is 11.8. The molecule has 2 atom stereocenters. The molecule has 1 rings (SSSR count). The summed E-state index contributed by atoms with van der Waals surface area (Å²) in [6.07, 6.45) is 0.905. The maximum Gasteiger partial charge on any atom is 0.323 e. The molecule has 0 radical (unpaired) electrons. The van der Waals surface area contributed by atoms with Crippen LogP contribution in [0, 0.1) is 5.92 Å². The molecular weight excluding hydrogens is 322 g/mol. The summed E-state index contributed by atoms with van der Waals surface area (Å²) in [6.45, 7) is 4.64. The molecule has 0 spiro atoms. The van der Waals surface area contributed by atoms with Gasteiger partial charge in [-0.05, 0) is 24.1 Å². The summed E-state index contributed by atoms with van der Waals surface area (Å²) >= 11 is 3.44. The molecule has 20 heavy (non-hydrogen) atoms. The zero-order chi connectivity index (χ0) is 15.1. The van der Waals surface area contributed by atoms with Gasteiger partial charge in [-0.2, -0.15) is 0 Å². The van der Waals surface area contributed by atoms with Crippen molar-refractivity contribution in [2.24, 2.45) is 5.92 Å². The average Bonchev–Trinajstić information content (AvgIpc) is 2.46. The van der Waals surface area contributed by atoms with Crippen LogP contribution in [-0.2, 0) is 16.1 Å². The van der Waals surface area contributed by atoms with Gasteiger partial charge in [-0.25, -0.2) is 0 Å². The van der Waals surface area contributed by atoms with Gasteiger partial charge in [0.25, 0.3) is 0 Å². The number of hydrogen-bond donors (Lipinski definition) is 1. The molecule has 1 aromatic carbocycles. The number of benzene rings is 1. The van der Waals surface area contributed by atoms with Crippen molar-refractivity contribution in [1.29, 1.82) is 0 Å². The second kappa shape index (κ2) is 8.27. The van der Waals surface area contributed by atoms with E-state index in [-0.39, 0.29) is 17.9 Å². The lowest BCUT2D eigenvalue weighted by atomic mass is 9.99.